The topological polar surface area (TPSA) is 89.9 Å². The van der Waals surface area contributed by atoms with Crippen LogP contribution in [0.1, 0.15) is 12.0 Å². The van der Waals surface area contributed by atoms with E-state index < -0.39 is 18.0 Å². The van der Waals surface area contributed by atoms with E-state index in [1.54, 1.807) is 11.0 Å². The molecule has 126 valence electrons. The lowest BCUT2D eigenvalue weighted by atomic mass is 9.95. The quantitative estimate of drug-likeness (QED) is 0.711. The van der Waals surface area contributed by atoms with Crippen LogP contribution in [0.25, 0.3) is 0 Å². The summed E-state index contributed by atoms with van der Waals surface area (Å²) in [5, 5.41) is 22.2. The number of carbonyl (C=O) groups is 2. The number of nitrogens with one attached hydrogen (secondary N) is 1. The van der Waals surface area contributed by atoms with Crippen molar-refractivity contribution >= 4 is 23.5 Å². The average molecular weight is 341 g/mol. The molecular weight excluding hydrogens is 320 g/mol. The third kappa shape index (κ3) is 5.49. The van der Waals surface area contributed by atoms with Crippen LogP contribution >= 0.6 is 11.6 Å². The minimum Gasteiger partial charge on any atom is -0.481 e. The highest BCUT2D eigenvalue weighted by Gasteiger charge is 2.33. The number of aliphatic carboxylic acids is 1. The highest BCUT2D eigenvalue weighted by atomic mass is 35.5. The van der Waals surface area contributed by atoms with E-state index in [0.717, 1.165) is 5.56 Å². The van der Waals surface area contributed by atoms with E-state index in [0.29, 0.717) is 31.0 Å². The van der Waals surface area contributed by atoms with Gasteiger partial charge in [-0.3, -0.25) is 14.5 Å². The third-order valence-electron chi connectivity index (χ3n) is 3.97. The highest BCUT2D eigenvalue weighted by molar-refractivity contribution is 6.30. The Balaban J connectivity index is 1.73. The largest absolute Gasteiger partial charge is 0.481 e. The first kappa shape index (κ1) is 17.7. The zero-order valence-electron chi connectivity index (χ0n) is 12.7. The van der Waals surface area contributed by atoms with Crippen LogP contribution in [0.5, 0.6) is 0 Å². The Morgan fingerprint density at radius 2 is 2.17 bits per heavy atom. The van der Waals surface area contributed by atoms with Crippen molar-refractivity contribution in [2.75, 3.05) is 26.2 Å². The molecule has 7 heteroatoms. The molecule has 1 amide bonds. The summed E-state index contributed by atoms with van der Waals surface area (Å²) in [7, 11) is 0. The molecule has 23 heavy (non-hydrogen) atoms. The van der Waals surface area contributed by atoms with Gasteiger partial charge >= 0.3 is 5.97 Å². The van der Waals surface area contributed by atoms with Crippen molar-refractivity contribution in [2.45, 2.75) is 18.9 Å². The van der Waals surface area contributed by atoms with E-state index in [1.165, 1.54) is 0 Å². The molecular formula is C16H21ClN2O4. The van der Waals surface area contributed by atoms with E-state index in [9.17, 15) is 14.7 Å². The number of piperidine rings is 1. The second kappa shape index (κ2) is 8.29. The van der Waals surface area contributed by atoms with Gasteiger partial charge in [0.15, 0.2) is 0 Å². The summed E-state index contributed by atoms with van der Waals surface area (Å²) < 4.78 is 0. The number of hydrogen-bond acceptors (Lipinski definition) is 4. The smallest absolute Gasteiger partial charge is 0.310 e. The minimum atomic E-state index is -1.02. The third-order valence-corrected chi connectivity index (χ3v) is 4.20. The maximum atomic E-state index is 11.9. The number of aliphatic hydroxyl groups is 1. The Hall–Kier alpha value is -1.63. The first-order valence-electron chi connectivity index (χ1n) is 7.60. The van der Waals surface area contributed by atoms with Crippen molar-refractivity contribution in [1.29, 1.82) is 0 Å². The summed E-state index contributed by atoms with van der Waals surface area (Å²) in [6.45, 7) is 1.36. The lowest BCUT2D eigenvalue weighted by molar-refractivity contribution is -0.149. The number of hydrogen-bond donors (Lipinski definition) is 3. The van der Waals surface area contributed by atoms with E-state index in [1.807, 2.05) is 18.2 Å². The van der Waals surface area contributed by atoms with Crippen LogP contribution < -0.4 is 5.32 Å². The van der Waals surface area contributed by atoms with E-state index in [2.05, 4.69) is 5.32 Å². The summed E-state index contributed by atoms with van der Waals surface area (Å²) >= 11 is 5.90. The second-order valence-electron chi connectivity index (χ2n) is 5.77. The van der Waals surface area contributed by atoms with E-state index in [4.69, 9.17) is 16.7 Å². The fourth-order valence-corrected chi connectivity index (χ4v) is 2.90. The number of halogens is 1. The van der Waals surface area contributed by atoms with Crippen LogP contribution in [0.2, 0.25) is 5.02 Å². The van der Waals surface area contributed by atoms with E-state index >= 15 is 0 Å². The normalized spacial score (nSPS) is 21.8. The fraction of sp³-hybridized carbons (Fsp3) is 0.500. The lowest BCUT2D eigenvalue weighted by Gasteiger charge is -2.33. The van der Waals surface area contributed by atoms with Crippen LogP contribution in [0.15, 0.2) is 24.3 Å². The Labute approximate surface area is 140 Å². The van der Waals surface area contributed by atoms with E-state index in [-0.39, 0.29) is 19.0 Å². The number of aliphatic hydroxyl groups excluding tert-OH is 1. The number of carboxylic acid groups (broad SMARTS) is 1. The number of likely N-dealkylation sites (tertiary alicyclic amines) is 1. The van der Waals surface area contributed by atoms with Gasteiger partial charge in [0, 0.05) is 24.7 Å². The zero-order valence-corrected chi connectivity index (χ0v) is 13.5. The molecule has 0 unspecified atom stereocenters. The molecule has 1 aliphatic rings. The van der Waals surface area contributed by atoms with Gasteiger partial charge in [-0.2, -0.15) is 0 Å². The summed E-state index contributed by atoms with van der Waals surface area (Å²) in [4.78, 5) is 24.8. The molecule has 0 aromatic heterocycles. The van der Waals surface area contributed by atoms with Crippen molar-refractivity contribution in [3.8, 4) is 0 Å². The molecule has 1 fully saturated rings. The summed E-state index contributed by atoms with van der Waals surface area (Å²) in [5.41, 5.74) is 1.05. The van der Waals surface area contributed by atoms with Crippen LogP contribution in [-0.4, -0.2) is 59.3 Å². The molecule has 1 aliphatic heterocycles. The Kier molecular flexibility index (Phi) is 6.38. The molecule has 2 atom stereocenters. The molecule has 0 saturated carbocycles. The van der Waals surface area contributed by atoms with Crippen LogP contribution in [0.3, 0.4) is 0 Å². The van der Waals surface area contributed by atoms with Gasteiger partial charge in [-0.05, 0) is 30.5 Å². The molecule has 3 N–H and O–H groups in total. The highest BCUT2D eigenvalue weighted by Crippen LogP contribution is 2.17. The number of nitrogens with zero attached hydrogens (tertiary/aromatic N) is 1. The van der Waals surface area contributed by atoms with Crippen molar-refractivity contribution in [3.05, 3.63) is 34.9 Å². The summed E-state index contributed by atoms with van der Waals surface area (Å²) in [5.74, 6) is -2.00. The second-order valence-corrected chi connectivity index (χ2v) is 6.20. The molecule has 1 heterocycles. The predicted octanol–water partition coefficient (Wildman–Crippen LogP) is 0.766. The molecule has 0 spiro atoms. The fourth-order valence-electron chi connectivity index (χ4n) is 2.69. The molecule has 0 aliphatic carbocycles. The predicted molar refractivity (Wildman–Crippen MR) is 86.4 cm³/mol. The van der Waals surface area contributed by atoms with Gasteiger partial charge < -0.3 is 15.5 Å². The molecule has 0 radical (unpaired) electrons. The lowest BCUT2D eigenvalue weighted by Crippen LogP contribution is -2.49. The van der Waals surface area contributed by atoms with Crippen LogP contribution in [0.4, 0.5) is 0 Å². The monoisotopic (exact) mass is 340 g/mol. The number of carboxylic acids is 1. The first-order valence-corrected chi connectivity index (χ1v) is 7.98. The first-order chi connectivity index (χ1) is 11.0. The van der Waals surface area contributed by atoms with Crippen molar-refractivity contribution < 1.29 is 19.8 Å². The number of carbonyl (C=O) groups excluding carboxylic acids is 1. The standard InChI is InChI=1S/C16H21ClN2O4/c17-12-3-1-2-11(8-12)4-6-18-15(21)10-19-7-5-14(20)13(9-19)16(22)23/h1-3,8,13-14,20H,4-7,9-10H2,(H,18,21)(H,22,23)/t13-,14-/m0/s1. The minimum absolute atomic E-state index is 0.145. The maximum Gasteiger partial charge on any atom is 0.310 e. The van der Waals surface area contributed by atoms with Gasteiger partial charge in [0.25, 0.3) is 0 Å². The van der Waals surface area contributed by atoms with Crippen molar-refractivity contribution in [2.24, 2.45) is 5.92 Å². The molecule has 1 aromatic rings. The number of benzene rings is 1. The van der Waals surface area contributed by atoms with Gasteiger partial charge in [0.2, 0.25) is 5.91 Å². The Morgan fingerprint density at radius 1 is 1.39 bits per heavy atom. The van der Waals surface area contributed by atoms with Gasteiger partial charge in [-0.1, -0.05) is 23.7 Å². The SMILES string of the molecule is O=C(CN1CC[C@H](O)[C@@H](C(=O)O)C1)NCCc1cccc(Cl)c1. The Morgan fingerprint density at radius 3 is 2.87 bits per heavy atom. The van der Waals surface area contributed by atoms with Crippen molar-refractivity contribution in [1.82, 2.24) is 10.2 Å². The molecule has 1 aromatic carbocycles. The van der Waals surface area contributed by atoms with Gasteiger partial charge in [-0.15, -0.1) is 0 Å². The maximum absolute atomic E-state index is 11.9. The number of rotatable bonds is 6. The van der Waals surface area contributed by atoms with Gasteiger partial charge in [0.05, 0.1) is 18.6 Å². The zero-order chi connectivity index (χ0) is 16.8. The molecule has 1 saturated heterocycles. The number of amides is 1. The van der Waals surface area contributed by atoms with Gasteiger partial charge in [-0.25, -0.2) is 0 Å². The Bertz CT molecular complexity index is 567. The average Bonchev–Trinajstić information content (AvgIpc) is 2.49. The summed E-state index contributed by atoms with van der Waals surface area (Å²) in [6, 6.07) is 7.47. The van der Waals surface area contributed by atoms with Crippen LogP contribution in [0, 0.1) is 5.92 Å². The molecule has 2 rings (SSSR count). The van der Waals surface area contributed by atoms with Crippen molar-refractivity contribution in [3.63, 3.8) is 0 Å². The molecule has 0 bridgehead atoms. The van der Waals surface area contributed by atoms with Crippen LogP contribution in [-0.2, 0) is 16.0 Å². The molecule has 6 nitrogen and oxygen atoms in total. The van der Waals surface area contributed by atoms with Gasteiger partial charge in [0.1, 0.15) is 0 Å². The summed E-state index contributed by atoms with van der Waals surface area (Å²) in [6.07, 6.45) is 0.213.